The van der Waals surface area contributed by atoms with Crippen LogP contribution in [0, 0.1) is 0 Å². The number of para-hydroxylation sites is 1. The second kappa shape index (κ2) is 6.86. The number of aromatic amines is 1. The van der Waals surface area contributed by atoms with Crippen molar-refractivity contribution in [3.8, 4) is 0 Å². The summed E-state index contributed by atoms with van der Waals surface area (Å²) in [4.78, 5) is 33.3. The van der Waals surface area contributed by atoms with E-state index in [-0.39, 0.29) is 37.4 Å². The maximum atomic E-state index is 13.5. The number of rotatable bonds is 3. The molecule has 2 N–H and O–H groups in total. The molecule has 2 atom stereocenters. The molecular formula is C23H22ClN3O3. The van der Waals surface area contributed by atoms with Gasteiger partial charge in [-0.05, 0) is 36.2 Å². The van der Waals surface area contributed by atoms with Crippen molar-refractivity contribution >= 4 is 34.3 Å². The first-order valence-electron chi connectivity index (χ1n) is 10.0. The molecule has 154 valence electrons. The number of fused-ring (bicyclic) bond motifs is 5. The maximum absolute atomic E-state index is 13.5. The minimum Gasteiger partial charge on any atom is -0.395 e. The van der Waals surface area contributed by atoms with Crippen LogP contribution in [0.3, 0.4) is 0 Å². The Morgan fingerprint density at radius 3 is 2.63 bits per heavy atom. The number of nitrogens with one attached hydrogen (secondary N) is 1. The molecule has 2 amide bonds. The number of aliphatic hydroxyl groups is 1. The second-order valence-corrected chi connectivity index (χ2v) is 8.53. The third-order valence-electron chi connectivity index (χ3n) is 6.46. The zero-order valence-corrected chi connectivity index (χ0v) is 17.3. The lowest BCUT2D eigenvalue weighted by Gasteiger charge is -2.51. The lowest BCUT2D eigenvalue weighted by Crippen LogP contribution is -2.67. The van der Waals surface area contributed by atoms with E-state index in [0.29, 0.717) is 11.6 Å². The van der Waals surface area contributed by atoms with E-state index in [0.717, 1.165) is 27.7 Å². The van der Waals surface area contributed by atoms with Gasteiger partial charge in [0.15, 0.2) is 5.54 Å². The smallest absolute Gasteiger partial charge is 0.255 e. The van der Waals surface area contributed by atoms with Gasteiger partial charge in [0.05, 0.1) is 18.8 Å². The minimum absolute atomic E-state index is 0.0160. The number of piperazine rings is 1. The van der Waals surface area contributed by atoms with E-state index >= 15 is 0 Å². The number of hydrogen-bond donors (Lipinski definition) is 2. The highest BCUT2D eigenvalue weighted by atomic mass is 35.5. The molecule has 3 heterocycles. The van der Waals surface area contributed by atoms with Crippen LogP contribution in [0.15, 0.2) is 48.5 Å². The summed E-state index contributed by atoms with van der Waals surface area (Å²) < 4.78 is 0. The Morgan fingerprint density at radius 2 is 1.90 bits per heavy atom. The zero-order valence-electron chi connectivity index (χ0n) is 16.6. The van der Waals surface area contributed by atoms with Crippen LogP contribution >= 0.6 is 11.6 Å². The average Bonchev–Trinajstić information content (AvgIpc) is 3.14. The lowest BCUT2D eigenvalue weighted by molar-refractivity contribution is -0.166. The van der Waals surface area contributed by atoms with Gasteiger partial charge >= 0.3 is 0 Å². The summed E-state index contributed by atoms with van der Waals surface area (Å²) in [5.41, 5.74) is 2.63. The first-order chi connectivity index (χ1) is 14.4. The van der Waals surface area contributed by atoms with E-state index in [9.17, 15) is 14.7 Å². The molecule has 6 nitrogen and oxygen atoms in total. The summed E-state index contributed by atoms with van der Waals surface area (Å²) >= 11 is 6.10. The number of H-pyrrole nitrogens is 1. The Bertz CT molecular complexity index is 1160. The predicted octanol–water partition coefficient (Wildman–Crippen LogP) is 2.85. The number of carbonyl (C=O) groups is 2. The minimum atomic E-state index is -1.14. The molecule has 0 bridgehead atoms. The quantitative estimate of drug-likeness (QED) is 0.680. The van der Waals surface area contributed by atoms with E-state index in [1.54, 1.807) is 4.90 Å². The fourth-order valence-corrected chi connectivity index (χ4v) is 5.10. The van der Waals surface area contributed by atoms with Gasteiger partial charge < -0.3 is 19.9 Å². The normalized spacial score (nSPS) is 23.6. The number of nitrogens with zero attached hydrogens (tertiary/aromatic N) is 2. The van der Waals surface area contributed by atoms with Crippen molar-refractivity contribution in [3.05, 3.63) is 70.4 Å². The first-order valence-corrected chi connectivity index (χ1v) is 10.4. The topological polar surface area (TPSA) is 76.6 Å². The van der Waals surface area contributed by atoms with Gasteiger partial charge in [0.2, 0.25) is 5.91 Å². The van der Waals surface area contributed by atoms with E-state index < -0.39 is 5.54 Å². The fourth-order valence-electron chi connectivity index (χ4n) is 4.97. The molecule has 5 rings (SSSR count). The predicted molar refractivity (Wildman–Crippen MR) is 114 cm³/mol. The number of β-amino-alcohol motifs (C(OH)–C–C–N with tert-alkyl or cyclic N) is 1. The largest absolute Gasteiger partial charge is 0.395 e. The van der Waals surface area contributed by atoms with Gasteiger partial charge in [0, 0.05) is 34.9 Å². The number of halogens is 1. The van der Waals surface area contributed by atoms with E-state index in [1.165, 1.54) is 4.90 Å². The van der Waals surface area contributed by atoms with Crippen molar-refractivity contribution in [2.75, 3.05) is 26.2 Å². The zero-order chi connectivity index (χ0) is 21.0. The molecule has 1 fully saturated rings. The molecular weight excluding hydrogens is 402 g/mol. The van der Waals surface area contributed by atoms with Crippen LogP contribution in [0.5, 0.6) is 0 Å². The Kier molecular flexibility index (Phi) is 4.38. The summed E-state index contributed by atoms with van der Waals surface area (Å²) in [6.45, 7) is 2.16. The van der Waals surface area contributed by atoms with Crippen molar-refractivity contribution in [1.29, 1.82) is 0 Å². The summed E-state index contributed by atoms with van der Waals surface area (Å²) in [5, 5.41) is 11.1. The monoisotopic (exact) mass is 423 g/mol. The third kappa shape index (κ3) is 2.60. The number of amides is 2. The summed E-state index contributed by atoms with van der Waals surface area (Å²) in [6.07, 6.45) is 0. The number of carbonyl (C=O) groups excluding carboxylic acids is 2. The van der Waals surface area contributed by atoms with Gasteiger partial charge in [-0.2, -0.15) is 0 Å². The second-order valence-electron chi connectivity index (χ2n) is 8.09. The summed E-state index contributed by atoms with van der Waals surface area (Å²) in [5.74, 6) is -0.366. The number of hydrogen-bond acceptors (Lipinski definition) is 3. The highest BCUT2D eigenvalue weighted by molar-refractivity contribution is 6.30. The van der Waals surface area contributed by atoms with Gasteiger partial charge in [-0.25, -0.2) is 0 Å². The van der Waals surface area contributed by atoms with Crippen LogP contribution in [0.25, 0.3) is 10.9 Å². The summed E-state index contributed by atoms with van der Waals surface area (Å²) in [6, 6.07) is 15.6. The van der Waals surface area contributed by atoms with Gasteiger partial charge in [-0.3, -0.25) is 9.59 Å². The van der Waals surface area contributed by atoms with Crippen LogP contribution < -0.4 is 0 Å². The number of benzene rings is 2. The van der Waals surface area contributed by atoms with Gasteiger partial charge in [0.25, 0.3) is 5.91 Å². The Balaban J connectivity index is 1.76. The Labute approximate surface area is 179 Å². The molecule has 0 radical (unpaired) electrons. The molecule has 1 aromatic heterocycles. The van der Waals surface area contributed by atoms with Gasteiger partial charge in [-0.15, -0.1) is 0 Å². The molecule has 0 spiro atoms. The highest BCUT2D eigenvalue weighted by Gasteiger charge is 2.56. The van der Waals surface area contributed by atoms with Crippen LogP contribution in [0.4, 0.5) is 0 Å². The molecule has 2 aromatic carbocycles. The van der Waals surface area contributed by atoms with Gasteiger partial charge in [-0.1, -0.05) is 41.9 Å². The molecule has 2 unspecified atom stereocenters. The Morgan fingerprint density at radius 1 is 1.17 bits per heavy atom. The van der Waals surface area contributed by atoms with Crippen molar-refractivity contribution in [2.24, 2.45) is 0 Å². The third-order valence-corrected chi connectivity index (χ3v) is 6.71. The number of aliphatic hydroxyl groups excluding tert-OH is 1. The van der Waals surface area contributed by atoms with Gasteiger partial charge in [0.1, 0.15) is 0 Å². The summed E-state index contributed by atoms with van der Waals surface area (Å²) in [7, 11) is 0. The molecule has 7 heteroatoms. The number of aromatic nitrogens is 1. The van der Waals surface area contributed by atoms with Crippen LogP contribution in [0.2, 0.25) is 5.02 Å². The average molecular weight is 424 g/mol. The molecule has 2 aliphatic heterocycles. The highest BCUT2D eigenvalue weighted by Crippen LogP contribution is 2.48. The fraction of sp³-hybridized carbons (Fsp3) is 0.304. The van der Waals surface area contributed by atoms with Crippen LogP contribution in [-0.4, -0.2) is 57.9 Å². The molecule has 3 aromatic rings. The van der Waals surface area contributed by atoms with E-state index in [2.05, 4.69) is 4.98 Å². The van der Waals surface area contributed by atoms with Crippen LogP contribution in [-0.2, 0) is 15.1 Å². The molecule has 2 aliphatic rings. The van der Waals surface area contributed by atoms with Crippen molar-refractivity contribution < 1.29 is 14.7 Å². The first kappa shape index (κ1) is 19.2. The molecule has 0 aliphatic carbocycles. The SMILES string of the molecule is CC12C(=O)N(CCO)CC(=O)N1CC(c1ccc(Cl)cc1)c1c2[nH]c2ccccc12. The lowest BCUT2D eigenvalue weighted by atomic mass is 9.76. The maximum Gasteiger partial charge on any atom is 0.255 e. The van der Waals surface area contributed by atoms with E-state index in [4.69, 9.17) is 11.6 Å². The molecule has 1 saturated heterocycles. The van der Waals surface area contributed by atoms with Crippen molar-refractivity contribution in [2.45, 2.75) is 18.4 Å². The van der Waals surface area contributed by atoms with E-state index in [1.807, 2.05) is 55.5 Å². The molecule has 0 saturated carbocycles. The van der Waals surface area contributed by atoms with Crippen molar-refractivity contribution in [1.82, 2.24) is 14.8 Å². The van der Waals surface area contributed by atoms with Crippen molar-refractivity contribution in [3.63, 3.8) is 0 Å². The Hall–Kier alpha value is -2.83. The standard InChI is InChI=1S/C23H22ClN3O3/c1-23-21-20(16-4-2-3-5-18(16)25-21)17(14-6-8-15(24)9-7-14)12-27(23)19(29)13-26(10-11-28)22(23)30/h2-9,17,25,28H,10-13H2,1H3. The van der Waals surface area contributed by atoms with Crippen LogP contribution in [0.1, 0.15) is 29.7 Å². The molecule has 30 heavy (non-hydrogen) atoms.